The third kappa shape index (κ3) is 43.7. The van der Waals surface area contributed by atoms with Crippen LogP contribution in [0.25, 0.3) is 0 Å². The Labute approximate surface area is 340 Å². The van der Waals surface area contributed by atoms with E-state index in [2.05, 4.69) is 50.3 Å². The van der Waals surface area contributed by atoms with Crippen molar-refractivity contribution in [1.29, 1.82) is 0 Å². The number of rotatable bonds is 42. The molecule has 0 heterocycles. The molecule has 0 rings (SSSR count). The van der Waals surface area contributed by atoms with Crippen LogP contribution < -0.4 is 0 Å². The zero-order chi connectivity index (χ0) is 40.6. The molecule has 2 atom stereocenters. The largest absolute Gasteiger partial charge is 0.472 e. The topological polar surface area (TPSA) is 91.3 Å². The highest BCUT2D eigenvalue weighted by molar-refractivity contribution is 7.47. The summed E-state index contributed by atoms with van der Waals surface area (Å²) in [7, 11) is 1.66. The highest BCUT2D eigenvalue weighted by Crippen LogP contribution is 2.43. The van der Waals surface area contributed by atoms with Crippen molar-refractivity contribution in [3.05, 3.63) is 36.5 Å². The quantitative estimate of drug-likeness (QED) is 0.0216. The van der Waals surface area contributed by atoms with E-state index < -0.39 is 13.9 Å². The summed E-state index contributed by atoms with van der Waals surface area (Å²) in [4.78, 5) is 22.9. The predicted octanol–water partition coefficient (Wildman–Crippen LogP) is 13.4. The molecule has 1 N–H and O–H groups in total. The van der Waals surface area contributed by atoms with Gasteiger partial charge in [-0.2, -0.15) is 0 Å². The minimum atomic E-state index is -4.27. The van der Waals surface area contributed by atoms with Crippen LogP contribution in [-0.2, 0) is 27.9 Å². The number of ether oxygens (including phenoxy) is 2. The van der Waals surface area contributed by atoms with Crippen LogP contribution in [0.15, 0.2) is 36.5 Å². The number of phosphoric ester groups is 1. The van der Waals surface area contributed by atoms with Gasteiger partial charge in [0.1, 0.15) is 19.3 Å². The Bertz CT molecular complexity index is 978. The molecule has 2 unspecified atom stereocenters. The molecule has 0 aromatic carbocycles. The molecule has 0 amide bonds. The van der Waals surface area contributed by atoms with Gasteiger partial charge in [-0.3, -0.25) is 13.8 Å². The van der Waals surface area contributed by atoms with Crippen LogP contribution in [0, 0.1) is 0 Å². The summed E-state index contributed by atoms with van der Waals surface area (Å²) < 4.78 is 35.0. The molecular formula is C46H89NO7P+. The number of allylic oxidation sites excluding steroid dienone is 6. The Morgan fingerprint density at radius 2 is 1.00 bits per heavy atom. The first-order valence-corrected chi connectivity index (χ1v) is 24.2. The SMILES string of the molecule is CCCCCCC/C=C\C/C=C\C/C=C\CCCCCCCCC(=O)OC(COCCCCCCCCCCCCCC)COP(=O)(O)OCC[N+](C)(C)C. The fourth-order valence-corrected chi connectivity index (χ4v) is 6.89. The second kappa shape index (κ2) is 39.5. The van der Waals surface area contributed by atoms with Crippen molar-refractivity contribution in [1.82, 2.24) is 0 Å². The molecule has 324 valence electrons. The normalized spacial score (nSPS) is 14.1. The molecule has 0 aromatic rings. The highest BCUT2D eigenvalue weighted by Gasteiger charge is 2.26. The van der Waals surface area contributed by atoms with E-state index in [9.17, 15) is 14.3 Å². The molecule has 0 aliphatic carbocycles. The molecule has 0 spiro atoms. The number of likely N-dealkylation sites (N-methyl/N-ethyl adjacent to an activating group) is 1. The number of nitrogens with zero attached hydrogens (tertiary/aromatic N) is 1. The van der Waals surface area contributed by atoms with Crippen molar-refractivity contribution in [2.45, 2.75) is 200 Å². The van der Waals surface area contributed by atoms with Crippen LogP contribution in [0.4, 0.5) is 0 Å². The van der Waals surface area contributed by atoms with E-state index >= 15 is 0 Å². The predicted molar refractivity (Wildman–Crippen MR) is 233 cm³/mol. The number of carbonyl (C=O) groups excluding carboxylic acids is 1. The molecule has 0 bridgehead atoms. The lowest BCUT2D eigenvalue weighted by molar-refractivity contribution is -0.870. The van der Waals surface area contributed by atoms with E-state index in [-0.39, 0.29) is 25.8 Å². The summed E-state index contributed by atoms with van der Waals surface area (Å²) in [6, 6.07) is 0. The Balaban J connectivity index is 4.21. The number of phosphoric acid groups is 1. The molecule has 9 heteroatoms. The smallest absolute Gasteiger partial charge is 0.457 e. The molecule has 55 heavy (non-hydrogen) atoms. The third-order valence-electron chi connectivity index (χ3n) is 9.70. The van der Waals surface area contributed by atoms with Gasteiger partial charge in [0.25, 0.3) is 0 Å². The number of hydrogen-bond acceptors (Lipinski definition) is 6. The summed E-state index contributed by atoms with van der Waals surface area (Å²) in [5.41, 5.74) is 0. The summed E-state index contributed by atoms with van der Waals surface area (Å²) in [6.45, 7) is 5.61. The maximum atomic E-state index is 12.7. The first-order chi connectivity index (χ1) is 26.6. The lowest BCUT2D eigenvalue weighted by atomic mass is 10.1. The number of carbonyl (C=O) groups is 1. The number of hydrogen-bond donors (Lipinski definition) is 1. The van der Waals surface area contributed by atoms with Gasteiger partial charge in [-0.1, -0.05) is 172 Å². The average Bonchev–Trinajstić information content (AvgIpc) is 3.13. The molecule has 0 aliphatic rings. The van der Waals surface area contributed by atoms with Crippen molar-refractivity contribution in [3.63, 3.8) is 0 Å². The second-order valence-corrected chi connectivity index (χ2v) is 17.9. The van der Waals surface area contributed by atoms with Gasteiger partial charge >= 0.3 is 13.8 Å². The highest BCUT2D eigenvalue weighted by atomic mass is 31.2. The minimum absolute atomic E-state index is 0.0864. The fraction of sp³-hybridized carbons (Fsp3) is 0.848. The van der Waals surface area contributed by atoms with Crippen molar-refractivity contribution in [2.75, 3.05) is 54.1 Å². The van der Waals surface area contributed by atoms with Gasteiger partial charge in [-0.05, 0) is 51.4 Å². The Morgan fingerprint density at radius 3 is 1.49 bits per heavy atom. The summed E-state index contributed by atoms with van der Waals surface area (Å²) in [5, 5.41) is 0. The maximum absolute atomic E-state index is 12.7. The fourth-order valence-electron chi connectivity index (χ4n) is 6.15. The summed E-state index contributed by atoms with van der Waals surface area (Å²) >= 11 is 0. The molecular weight excluding hydrogens is 709 g/mol. The lowest BCUT2D eigenvalue weighted by Crippen LogP contribution is -2.37. The Morgan fingerprint density at radius 1 is 0.564 bits per heavy atom. The van der Waals surface area contributed by atoms with Gasteiger partial charge in [0, 0.05) is 13.0 Å². The van der Waals surface area contributed by atoms with E-state index in [1.807, 2.05) is 21.1 Å². The zero-order valence-corrected chi connectivity index (χ0v) is 37.6. The number of quaternary nitrogens is 1. The van der Waals surface area contributed by atoms with Gasteiger partial charge < -0.3 is 18.9 Å². The van der Waals surface area contributed by atoms with Crippen LogP contribution in [0.2, 0.25) is 0 Å². The lowest BCUT2D eigenvalue weighted by Gasteiger charge is -2.24. The Kier molecular flexibility index (Phi) is 38.6. The monoisotopic (exact) mass is 799 g/mol. The van der Waals surface area contributed by atoms with E-state index in [4.69, 9.17) is 18.5 Å². The van der Waals surface area contributed by atoms with Gasteiger partial charge in [-0.15, -0.1) is 0 Å². The van der Waals surface area contributed by atoms with Crippen molar-refractivity contribution < 1.29 is 37.3 Å². The second-order valence-electron chi connectivity index (χ2n) is 16.4. The Hall–Kier alpha value is -1.28. The molecule has 0 saturated carbocycles. The van der Waals surface area contributed by atoms with Gasteiger partial charge in [0.05, 0.1) is 34.4 Å². The molecule has 0 aliphatic heterocycles. The number of esters is 1. The van der Waals surface area contributed by atoms with Crippen molar-refractivity contribution in [3.8, 4) is 0 Å². The first kappa shape index (κ1) is 53.7. The molecule has 0 radical (unpaired) electrons. The van der Waals surface area contributed by atoms with E-state index in [1.54, 1.807) is 0 Å². The molecule has 0 aromatic heterocycles. The molecule has 0 saturated heterocycles. The minimum Gasteiger partial charge on any atom is -0.457 e. The van der Waals surface area contributed by atoms with E-state index in [1.165, 1.54) is 116 Å². The van der Waals surface area contributed by atoms with E-state index in [0.29, 0.717) is 24.1 Å². The van der Waals surface area contributed by atoms with Crippen LogP contribution in [-0.4, -0.2) is 75.6 Å². The maximum Gasteiger partial charge on any atom is 0.472 e. The van der Waals surface area contributed by atoms with Gasteiger partial charge in [0.15, 0.2) is 0 Å². The molecule has 8 nitrogen and oxygen atoms in total. The van der Waals surface area contributed by atoms with Crippen molar-refractivity contribution >= 4 is 13.8 Å². The standard InChI is InChI=1S/C46H88NO7P/c1-6-8-10-12-14-16-18-20-21-22-23-24-25-26-27-28-29-31-33-35-37-39-46(48)54-45(44-53-55(49,50)52-42-40-47(3,4)5)43-51-41-38-36-34-32-30-19-17-15-13-11-9-7-2/h18,20,22-23,25-26,45H,6-17,19,21,24,27-44H2,1-5H3/p+1/b20-18-,23-22-,26-25-. The van der Waals surface area contributed by atoms with Crippen LogP contribution in [0.1, 0.15) is 194 Å². The van der Waals surface area contributed by atoms with E-state index in [0.717, 1.165) is 57.8 Å². The van der Waals surface area contributed by atoms with Crippen molar-refractivity contribution in [2.24, 2.45) is 0 Å². The summed E-state index contributed by atoms with van der Waals surface area (Å²) in [6.07, 6.45) is 46.0. The first-order valence-electron chi connectivity index (χ1n) is 22.7. The van der Waals surface area contributed by atoms with Gasteiger partial charge in [0.2, 0.25) is 0 Å². The zero-order valence-electron chi connectivity index (χ0n) is 36.7. The number of unbranched alkanes of at least 4 members (excludes halogenated alkanes) is 22. The average molecular weight is 799 g/mol. The van der Waals surface area contributed by atoms with Crippen LogP contribution >= 0.6 is 7.82 Å². The van der Waals surface area contributed by atoms with Crippen LogP contribution in [0.5, 0.6) is 0 Å². The third-order valence-corrected chi connectivity index (χ3v) is 10.7. The van der Waals surface area contributed by atoms with Gasteiger partial charge in [-0.25, -0.2) is 4.57 Å². The summed E-state index contributed by atoms with van der Waals surface area (Å²) in [5.74, 6) is -0.325. The molecule has 0 fully saturated rings. The van der Waals surface area contributed by atoms with Crippen LogP contribution in [0.3, 0.4) is 0 Å².